The number of hydrogen-bond acceptors (Lipinski definition) is 4. The Bertz CT molecular complexity index is 1020. The number of pyridine rings is 1. The highest BCUT2D eigenvalue weighted by Crippen LogP contribution is 2.34. The molecule has 1 saturated carbocycles. The average molecular weight is 418 g/mol. The minimum Gasteiger partial charge on any atom is -0.368 e. The maximum absolute atomic E-state index is 13.4. The van der Waals surface area contributed by atoms with Crippen LogP contribution in [0.4, 0.5) is 14.5 Å². The Kier molecular flexibility index (Phi) is 4.87. The van der Waals surface area contributed by atoms with E-state index in [-0.39, 0.29) is 0 Å². The summed E-state index contributed by atoms with van der Waals surface area (Å²) in [5, 5.41) is 9.28. The Labute approximate surface area is 172 Å². The Morgan fingerprint density at radius 1 is 1.00 bits per heavy atom. The highest BCUT2D eigenvalue weighted by Gasteiger charge is 2.26. The predicted octanol–water partition coefficient (Wildman–Crippen LogP) is 3.94. The Balaban J connectivity index is 1.27. The van der Waals surface area contributed by atoms with E-state index in [2.05, 4.69) is 20.0 Å². The van der Waals surface area contributed by atoms with Gasteiger partial charge in [0.1, 0.15) is 22.5 Å². The van der Waals surface area contributed by atoms with Crippen molar-refractivity contribution >= 4 is 22.9 Å². The fraction of sp³-hybridized carbons (Fsp3) is 0.429. The van der Waals surface area contributed by atoms with Gasteiger partial charge in [-0.25, -0.2) is 8.78 Å². The molecule has 2 aromatic heterocycles. The molecule has 8 heteroatoms. The van der Waals surface area contributed by atoms with Gasteiger partial charge in [0.05, 0.1) is 5.69 Å². The summed E-state index contributed by atoms with van der Waals surface area (Å²) >= 11 is 6.68. The Hall–Kier alpha value is -2.25. The maximum atomic E-state index is 13.4. The monoisotopic (exact) mass is 417 g/mol. The SMILES string of the molecule is Fc1cc(F)cc(CN2CCN(c3ccn4c(CC5CC5)nnc4c3Cl)CC2)c1. The third-order valence-corrected chi connectivity index (χ3v) is 6.14. The molecule has 2 aliphatic rings. The lowest BCUT2D eigenvalue weighted by Gasteiger charge is -2.36. The first-order valence-corrected chi connectivity index (χ1v) is 10.4. The molecule has 152 valence electrons. The van der Waals surface area contributed by atoms with Gasteiger partial charge in [0.15, 0.2) is 5.65 Å². The second-order valence-corrected chi connectivity index (χ2v) is 8.39. The van der Waals surface area contributed by atoms with Crippen LogP contribution in [0.15, 0.2) is 30.5 Å². The Morgan fingerprint density at radius 3 is 2.41 bits per heavy atom. The van der Waals surface area contributed by atoms with Crippen molar-refractivity contribution in [1.82, 2.24) is 19.5 Å². The van der Waals surface area contributed by atoms with Crippen molar-refractivity contribution in [3.8, 4) is 0 Å². The van der Waals surface area contributed by atoms with Gasteiger partial charge in [-0.15, -0.1) is 10.2 Å². The number of hydrogen-bond donors (Lipinski definition) is 0. The van der Waals surface area contributed by atoms with Crippen molar-refractivity contribution < 1.29 is 8.78 Å². The molecule has 5 nitrogen and oxygen atoms in total. The van der Waals surface area contributed by atoms with Crippen LogP contribution in [0.5, 0.6) is 0 Å². The first-order chi connectivity index (χ1) is 14.1. The van der Waals surface area contributed by atoms with Crippen molar-refractivity contribution in [3.05, 3.63) is 58.5 Å². The molecule has 0 spiro atoms. The molecule has 2 fully saturated rings. The molecule has 1 aliphatic heterocycles. The molecule has 29 heavy (non-hydrogen) atoms. The minimum absolute atomic E-state index is 0.532. The van der Waals surface area contributed by atoms with Gasteiger partial charge in [0.2, 0.25) is 0 Å². The van der Waals surface area contributed by atoms with E-state index in [1.807, 2.05) is 16.7 Å². The topological polar surface area (TPSA) is 36.7 Å². The van der Waals surface area contributed by atoms with Crippen molar-refractivity contribution in [1.29, 1.82) is 0 Å². The lowest BCUT2D eigenvalue weighted by Crippen LogP contribution is -2.46. The summed E-state index contributed by atoms with van der Waals surface area (Å²) in [6.07, 6.45) is 5.51. The molecule has 3 heterocycles. The molecule has 0 N–H and O–H groups in total. The van der Waals surface area contributed by atoms with Crippen molar-refractivity contribution in [2.24, 2.45) is 5.92 Å². The number of halogens is 3. The maximum Gasteiger partial charge on any atom is 0.181 e. The van der Waals surface area contributed by atoms with Crippen LogP contribution in [-0.4, -0.2) is 45.7 Å². The molecule has 0 radical (unpaired) electrons. The summed E-state index contributed by atoms with van der Waals surface area (Å²) < 4.78 is 28.8. The molecule has 0 bridgehead atoms. The van der Waals surface area contributed by atoms with E-state index in [1.54, 1.807) is 0 Å². The van der Waals surface area contributed by atoms with Crippen LogP contribution in [-0.2, 0) is 13.0 Å². The first-order valence-electron chi connectivity index (χ1n) is 10.0. The number of piperazine rings is 1. The van der Waals surface area contributed by atoms with E-state index in [9.17, 15) is 8.78 Å². The van der Waals surface area contributed by atoms with Crippen LogP contribution in [0.2, 0.25) is 5.02 Å². The predicted molar refractivity (Wildman–Crippen MR) is 108 cm³/mol. The van der Waals surface area contributed by atoms with Crippen LogP contribution >= 0.6 is 11.6 Å². The van der Waals surface area contributed by atoms with Gasteiger partial charge in [0.25, 0.3) is 0 Å². The number of anilines is 1. The first kappa shape index (κ1) is 18.8. The van der Waals surface area contributed by atoms with Gasteiger partial charge in [-0.2, -0.15) is 0 Å². The van der Waals surface area contributed by atoms with E-state index >= 15 is 0 Å². The zero-order valence-corrected chi connectivity index (χ0v) is 16.7. The van der Waals surface area contributed by atoms with Crippen molar-refractivity contribution in [2.75, 3.05) is 31.1 Å². The highest BCUT2D eigenvalue weighted by atomic mass is 35.5. The number of fused-ring (bicyclic) bond motifs is 1. The second kappa shape index (κ2) is 7.54. The van der Waals surface area contributed by atoms with Crippen LogP contribution in [0.3, 0.4) is 0 Å². The van der Waals surface area contributed by atoms with Crippen LogP contribution in [0.25, 0.3) is 5.65 Å². The number of rotatable bonds is 5. The van der Waals surface area contributed by atoms with Crippen molar-refractivity contribution in [2.45, 2.75) is 25.8 Å². The third kappa shape index (κ3) is 3.94. The summed E-state index contributed by atoms with van der Waals surface area (Å²) in [7, 11) is 0. The summed E-state index contributed by atoms with van der Waals surface area (Å²) in [6, 6.07) is 5.72. The minimum atomic E-state index is -0.534. The summed E-state index contributed by atoms with van der Waals surface area (Å²) in [5.74, 6) is 0.643. The van der Waals surface area contributed by atoms with Gasteiger partial charge < -0.3 is 4.90 Å². The molecule has 1 aromatic carbocycles. The normalized spacial score (nSPS) is 18.0. The summed E-state index contributed by atoms with van der Waals surface area (Å²) in [6.45, 7) is 3.69. The zero-order chi connectivity index (χ0) is 20.0. The van der Waals surface area contributed by atoms with Gasteiger partial charge in [0, 0.05) is 51.4 Å². The lowest BCUT2D eigenvalue weighted by atomic mass is 10.2. The molecular formula is C21H22ClF2N5. The van der Waals surface area contributed by atoms with E-state index in [4.69, 9.17) is 11.6 Å². The van der Waals surface area contributed by atoms with Crippen LogP contribution in [0, 0.1) is 17.6 Å². The summed E-state index contributed by atoms with van der Waals surface area (Å²) in [4.78, 5) is 4.43. The molecule has 0 atom stereocenters. The molecule has 0 unspecified atom stereocenters. The fourth-order valence-electron chi connectivity index (χ4n) is 4.03. The number of benzene rings is 1. The standard InChI is InChI=1S/C21H22ClF2N5/c22-20-18(3-4-29-19(11-14-1-2-14)25-26-21(20)29)28-7-5-27(6-8-28)13-15-9-16(23)12-17(24)10-15/h3-4,9-10,12,14H,1-2,5-8,11,13H2. The molecule has 1 saturated heterocycles. The molecule has 5 rings (SSSR count). The zero-order valence-electron chi connectivity index (χ0n) is 16.0. The van der Waals surface area contributed by atoms with E-state index in [0.29, 0.717) is 22.8 Å². The molecular weight excluding hydrogens is 396 g/mol. The third-order valence-electron chi connectivity index (χ3n) is 5.78. The molecule has 0 amide bonds. The quantitative estimate of drug-likeness (QED) is 0.630. The summed E-state index contributed by atoms with van der Waals surface area (Å²) in [5.41, 5.74) is 2.32. The van der Waals surface area contributed by atoms with E-state index in [0.717, 1.165) is 56.1 Å². The number of nitrogens with zero attached hydrogens (tertiary/aromatic N) is 5. The lowest BCUT2D eigenvalue weighted by molar-refractivity contribution is 0.249. The van der Waals surface area contributed by atoms with E-state index < -0.39 is 11.6 Å². The molecule has 1 aliphatic carbocycles. The van der Waals surface area contributed by atoms with Gasteiger partial charge in [-0.05, 0) is 42.5 Å². The van der Waals surface area contributed by atoms with Gasteiger partial charge >= 0.3 is 0 Å². The van der Waals surface area contributed by atoms with Crippen LogP contribution in [0.1, 0.15) is 24.2 Å². The van der Waals surface area contributed by atoms with E-state index in [1.165, 1.54) is 25.0 Å². The molecule has 3 aromatic rings. The largest absolute Gasteiger partial charge is 0.368 e. The smallest absolute Gasteiger partial charge is 0.181 e. The second-order valence-electron chi connectivity index (χ2n) is 8.01. The average Bonchev–Trinajstić information content (AvgIpc) is 3.41. The van der Waals surface area contributed by atoms with Gasteiger partial charge in [-0.3, -0.25) is 9.30 Å². The Morgan fingerprint density at radius 2 is 1.72 bits per heavy atom. The number of aromatic nitrogens is 3. The van der Waals surface area contributed by atoms with Crippen molar-refractivity contribution in [3.63, 3.8) is 0 Å². The fourth-order valence-corrected chi connectivity index (χ4v) is 4.35. The van der Waals surface area contributed by atoms with Gasteiger partial charge in [-0.1, -0.05) is 11.6 Å². The van der Waals surface area contributed by atoms with Crippen LogP contribution < -0.4 is 4.90 Å². The highest BCUT2D eigenvalue weighted by molar-refractivity contribution is 6.36.